The molecule has 0 saturated carbocycles. The van der Waals surface area contributed by atoms with Gasteiger partial charge in [0, 0.05) is 5.56 Å². The number of aliphatic hydroxyl groups is 2. The second-order valence-corrected chi connectivity index (χ2v) is 3.92. The third-order valence-corrected chi connectivity index (χ3v) is 2.42. The Morgan fingerprint density at radius 3 is 2.32 bits per heavy atom. The van der Waals surface area contributed by atoms with Gasteiger partial charge in [-0.3, -0.25) is 4.79 Å². The molecule has 0 saturated heterocycles. The molecule has 1 amide bonds. The highest BCUT2D eigenvalue weighted by Gasteiger charge is 2.32. The molecule has 4 nitrogen and oxygen atoms in total. The van der Waals surface area contributed by atoms with Gasteiger partial charge in [0.25, 0.3) is 0 Å². The molecular weight excluding hydrogens is 270 g/mol. The van der Waals surface area contributed by atoms with Crippen LogP contribution in [0.4, 0.5) is 17.6 Å². The van der Waals surface area contributed by atoms with Gasteiger partial charge < -0.3 is 15.9 Å². The number of amides is 1. The van der Waals surface area contributed by atoms with Gasteiger partial charge in [0.2, 0.25) is 5.91 Å². The molecule has 2 unspecified atom stereocenters. The van der Waals surface area contributed by atoms with E-state index in [2.05, 4.69) is 0 Å². The first-order chi connectivity index (χ1) is 8.62. The van der Waals surface area contributed by atoms with Crippen molar-refractivity contribution in [3.05, 3.63) is 35.1 Å². The molecule has 0 aliphatic carbocycles. The Balaban J connectivity index is 2.99. The van der Waals surface area contributed by atoms with E-state index in [0.29, 0.717) is 12.1 Å². The quantitative estimate of drug-likeness (QED) is 0.723. The molecule has 0 aliphatic rings. The predicted octanol–water partition coefficient (Wildman–Crippen LogP) is 1.11. The number of hydrogen-bond donors (Lipinski definition) is 3. The minimum absolute atomic E-state index is 0.204. The van der Waals surface area contributed by atoms with Gasteiger partial charge in [0.1, 0.15) is 11.9 Å². The summed E-state index contributed by atoms with van der Waals surface area (Å²) in [5.41, 5.74) is 3.02. The van der Waals surface area contributed by atoms with Crippen molar-refractivity contribution >= 4 is 5.91 Å². The molecule has 1 aromatic carbocycles. The van der Waals surface area contributed by atoms with E-state index in [0.717, 1.165) is 0 Å². The fourth-order valence-corrected chi connectivity index (χ4v) is 1.47. The Kier molecular flexibility index (Phi) is 4.48. The van der Waals surface area contributed by atoms with Crippen molar-refractivity contribution in [3.8, 4) is 0 Å². The van der Waals surface area contributed by atoms with Crippen LogP contribution in [0.15, 0.2) is 18.2 Å². The summed E-state index contributed by atoms with van der Waals surface area (Å²) in [5.74, 6) is -2.26. The highest BCUT2D eigenvalue weighted by atomic mass is 19.4. The first-order valence-corrected chi connectivity index (χ1v) is 5.14. The van der Waals surface area contributed by atoms with Gasteiger partial charge in [-0.1, -0.05) is 6.07 Å². The summed E-state index contributed by atoms with van der Waals surface area (Å²) in [6.07, 6.45) is -8.88. The fraction of sp³-hybridized carbons (Fsp3) is 0.364. The second kappa shape index (κ2) is 5.54. The average molecular weight is 281 g/mol. The number of rotatable bonds is 4. The zero-order valence-corrected chi connectivity index (χ0v) is 9.49. The number of primary amides is 1. The number of benzene rings is 1. The van der Waals surface area contributed by atoms with Crippen LogP contribution in [-0.4, -0.2) is 22.2 Å². The van der Waals surface area contributed by atoms with E-state index in [-0.39, 0.29) is 6.07 Å². The summed E-state index contributed by atoms with van der Waals surface area (Å²) >= 11 is 0. The smallest absolute Gasteiger partial charge is 0.390 e. The first kappa shape index (κ1) is 15.4. The molecule has 1 rings (SSSR count). The zero-order valence-electron chi connectivity index (χ0n) is 9.49. The normalized spacial score (nSPS) is 15.1. The molecular formula is C11H11F4NO3. The molecule has 0 aliphatic heterocycles. The summed E-state index contributed by atoms with van der Waals surface area (Å²) in [6, 6.07) is 1.47. The van der Waals surface area contributed by atoms with Crippen molar-refractivity contribution in [3.63, 3.8) is 0 Å². The molecule has 19 heavy (non-hydrogen) atoms. The number of hydrogen-bond acceptors (Lipinski definition) is 3. The lowest BCUT2D eigenvalue weighted by atomic mass is 10.00. The van der Waals surface area contributed by atoms with Crippen LogP contribution in [0, 0.1) is 5.82 Å². The van der Waals surface area contributed by atoms with Crippen LogP contribution in [0.2, 0.25) is 0 Å². The molecule has 0 bridgehead atoms. The number of aliphatic hydroxyl groups excluding tert-OH is 2. The molecule has 4 N–H and O–H groups in total. The number of nitrogens with two attached hydrogens (primary N) is 1. The number of carbonyl (C=O) groups excluding carboxylic acids is 1. The SMILES string of the molecule is NC(=O)CC(O)C(O)c1ccc(C(F)(F)F)cc1F. The van der Waals surface area contributed by atoms with E-state index in [1.807, 2.05) is 0 Å². The van der Waals surface area contributed by atoms with Crippen molar-refractivity contribution in [2.24, 2.45) is 5.73 Å². The van der Waals surface area contributed by atoms with Gasteiger partial charge in [0.15, 0.2) is 0 Å². The summed E-state index contributed by atoms with van der Waals surface area (Å²) in [6.45, 7) is 0. The van der Waals surface area contributed by atoms with Crippen LogP contribution in [0.25, 0.3) is 0 Å². The van der Waals surface area contributed by atoms with Gasteiger partial charge in [-0.15, -0.1) is 0 Å². The Morgan fingerprint density at radius 1 is 1.32 bits per heavy atom. The van der Waals surface area contributed by atoms with Gasteiger partial charge in [-0.2, -0.15) is 13.2 Å². The van der Waals surface area contributed by atoms with E-state index in [4.69, 9.17) is 5.73 Å². The lowest BCUT2D eigenvalue weighted by Crippen LogP contribution is -2.26. The molecule has 0 radical (unpaired) electrons. The maximum Gasteiger partial charge on any atom is 0.416 e. The number of alkyl halides is 3. The van der Waals surface area contributed by atoms with E-state index in [1.54, 1.807) is 0 Å². The van der Waals surface area contributed by atoms with Crippen molar-refractivity contribution in [2.45, 2.75) is 24.8 Å². The maximum atomic E-state index is 13.4. The maximum absolute atomic E-state index is 13.4. The molecule has 0 aromatic heterocycles. The summed E-state index contributed by atoms with van der Waals surface area (Å²) in [5, 5.41) is 18.9. The summed E-state index contributed by atoms with van der Waals surface area (Å²) in [7, 11) is 0. The molecule has 0 spiro atoms. The molecule has 106 valence electrons. The van der Waals surface area contributed by atoms with Gasteiger partial charge >= 0.3 is 6.18 Å². The van der Waals surface area contributed by atoms with Crippen LogP contribution in [0.3, 0.4) is 0 Å². The Bertz CT molecular complexity index is 475. The van der Waals surface area contributed by atoms with E-state index < -0.39 is 47.7 Å². The van der Waals surface area contributed by atoms with E-state index in [1.165, 1.54) is 0 Å². The molecule has 0 heterocycles. The predicted molar refractivity (Wildman–Crippen MR) is 56.2 cm³/mol. The van der Waals surface area contributed by atoms with Crippen molar-refractivity contribution in [1.29, 1.82) is 0 Å². The molecule has 0 fully saturated rings. The van der Waals surface area contributed by atoms with Crippen LogP contribution in [-0.2, 0) is 11.0 Å². The van der Waals surface area contributed by atoms with Crippen LogP contribution in [0.5, 0.6) is 0 Å². The topological polar surface area (TPSA) is 83.6 Å². The third kappa shape index (κ3) is 3.90. The highest BCUT2D eigenvalue weighted by Crippen LogP contribution is 2.32. The van der Waals surface area contributed by atoms with Crippen LogP contribution >= 0.6 is 0 Å². The number of carbonyl (C=O) groups is 1. The van der Waals surface area contributed by atoms with E-state index in [9.17, 15) is 32.6 Å². The minimum atomic E-state index is -4.71. The Hall–Kier alpha value is -1.67. The lowest BCUT2D eigenvalue weighted by Gasteiger charge is -2.18. The minimum Gasteiger partial charge on any atom is -0.390 e. The van der Waals surface area contributed by atoms with Gasteiger partial charge in [0.05, 0.1) is 18.1 Å². The zero-order chi connectivity index (χ0) is 14.8. The number of halogens is 4. The van der Waals surface area contributed by atoms with Crippen molar-refractivity contribution in [1.82, 2.24) is 0 Å². The molecule has 2 atom stereocenters. The van der Waals surface area contributed by atoms with Gasteiger partial charge in [-0.05, 0) is 12.1 Å². The monoisotopic (exact) mass is 281 g/mol. The average Bonchev–Trinajstić information content (AvgIpc) is 2.25. The van der Waals surface area contributed by atoms with E-state index >= 15 is 0 Å². The second-order valence-electron chi connectivity index (χ2n) is 3.92. The van der Waals surface area contributed by atoms with Crippen LogP contribution < -0.4 is 5.73 Å². The molecule has 8 heteroatoms. The fourth-order valence-electron chi connectivity index (χ4n) is 1.47. The summed E-state index contributed by atoms with van der Waals surface area (Å²) in [4.78, 5) is 10.5. The van der Waals surface area contributed by atoms with Crippen molar-refractivity contribution in [2.75, 3.05) is 0 Å². The van der Waals surface area contributed by atoms with Gasteiger partial charge in [-0.25, -0.2) is 4.39 Å². The largest absolute Gasteiger partial charge is 0.416 e. The Labute approximate surface area is 105 Å². The standard InChI is InChI=1S/C11H11F4NO3/c12-7-3-5(11(13,14)15)1-2-6(7)10(19)8(17)4-9(16)18/h1-3,8,10,17,19H,4H2,(H2,16,18). The lowest BCUT2D eigenvalue weighted by molar-refractivity contribution is -0.137. The first-order valence-electron chi connectivity index (χ1n) is 5.14. The molecule has 1 aromatic rings. The Morgan fingerprint density at radius 2 is 1.89 bits per heavy atom. The van der Waals surface area contributed by atoms with Crippen LogP contribution in [0.1, 0.15) is 23.7 Å². The summed E-state index contributed by atoms with van der Waals surface area (Å²) < 4.78 is 50.3. The highest BCUT2D eigenvalue weighted by molar-refractivity contribution is 5.74. The van der Waals surface area contributed by atoms with Crippen molar-refractivity contribution < 1.29 is 32.6 Å². The third-order valence-electron chi connectivity index (χ3n) is 2.42.